The molecule has 37 heavy (non-hydrogen) atoms. The van der Waals surface area contributed by atoms with Gasteiger partial charge in [0.25, 0.3) is 0 Å². The molecule has 0 rings (SSSR count). The zero-order valence-corrected chi connectivity index (χ0v) is 25.4. The number of methoxy groups -OCH3 is 4. The van der Waals surface area contributed by atoms with Crippen LogP contribution in [0.15, 0.2) is 0 Å². The zero-order chi connectivity index (χ0) is 27.8. The molecule has 0 amide bonds. The SMILES string of the molecule is COCCOCC(C)[O][Al-]([O]C(C)COCCOC)([O]C(C)COCCOC)[O]C(C)COCCOC. The van der Waals surface area contributed by atoms with E-state index in [1.807, 2.05) is 27.7 Å². The fourth-order valence-corrected chi connectivity index (χ4v) is 6.03. The van der Waals surface area contributed by atoms with Gasteiger partial charge in [-0.05, 0) is 27.7 Å². The lowest BCUT2D eigenvalue weighted by Crippen LogP contribution is -2.57. The third-order valence-corrected chi connectivity index (χ3v) is 7.93. The van der Waals surface area contributed by atoms with Crippen LogP contribution in [0.2, 0.25) is 0 Å². The van der Waals surface area contributed by atoms with Crippen LogP contribution < -0.4 is 0 Å². The molecule has 0 fully saturated rings. The number of hydrogen-bond acceptors (Lipinski definition) is 12. The maximum Gasteiger partial charge on any atom is 0.876 e. The monoisotopic (exact) mass is 559 g/mol. The Morgan fingerprint density at radius 2 is 0.595 bits per heavy atom. The molecule has 0 aromatic heterocycles. The maximum atomic E-state index is 6.41. The first-order valence-electron chi connectivity index (χ1n) is 12.9. The fraction of sp³-hybridized carbons (Fsp3) is 1.00. The van der Waals surface area contributed by atoms with E-state index < -0.39 is 14.4 Å². The van der Waals surface area contributed by atoms with E-state index in [-0.39, 0.29) is 24.4 Å². The second kappa shape index (κ2) is 25.0. The van der Waals surface area contributed by atoms with Crippen LogP contribution in [-0.2, 0) is 53.0 Å². The molecule has 0 aliphatic heterocycles. The van der Waals surface area contributed by atoms with Crippen molar-refractivity contribution in [3.8, 4) is 0 Å². The van der Waals surface area contributed by atoms with Crippen LogP contribution in [0.4, 0.5) is 0 Å². The fourth-order valence-electron chi connectivity index (χ4n) is 3.05. The predicted octanol–water partition coefficient (Wildman–Crippen LogP) is 1.69. The van der Waals surface area contributed by atoms with Gasteiger partial charge in [-0.25, -0.2) is 0 Å². The molecular weight excluding hydrogens is 507 g/mol. The van der Waals surface area contributed by atoms with Crippen LogP contribution >= 0.6 is 0 Å². The predicted molar refractivity (Wildman–Crippen MR) is 139 cm³/mol. The molecule has 0 bridgehead atoms. The second-order valence-corrected chi connectivity index (χ2v) is 10.9. The Morgan fingerprint density at radius 1 is 0.378 bits per heavy atom. The van der Waals surface area contributed by atoms with Gasteiger partial charge in [-0.15, -0.1) is 0 Å². The zero-order valence-electron chi connectivity index (χ0n) is 24.3. The Bertz CT molecular complexity index is 405. The third kappa shape index (κ3) is 21.5. The third-order valence-electron chi connectivity index (χ3n) is 4.73. The molecule has 0 saturated carbocycles. The number of hydrogen-bond donors (Lipinski definition) is 0. The molecule has 0 saturated heterocycles. The van der Waals surface area contributed by atoms with E-state index in [1.165, 1.54) is 0 Å². The Kier molecular flexibility index (Phi) is 25.1. The first-order chi connectivity index (χ1) is 17.8. The highest BCUT2D eigenvalue weighted by atomic mass is 27.3. The van der Waals surface area contributed by atoms with Crippen molar-refractivity contribution in [1.82, 2.24) is 0 Å². The Balaban J connectivity index is 5.52. The van der Waals surface area contributed by atoms with Gasteiger partial charge in [0.05, 0.1) is 79.3 Å². The van der Waals surface area contributed by atoms with Crippen molar-refractivity contribution in [2.75, 3.05) is 108 Å². The standard InChI is InChI=1S/4C6H13O3.Al/c4*1-6(7)5-9-4-3-8-2;/h4*6H,3-5H2,1-2H3;/q4*-1;+3. The molecule has 0 spiro atoms. The topological polar surface area (TPSA) is 111 Å². The van der Waals surface area contributed by atoms with E-state index in [9.17, 15) is 0 Å². The minimum atomic E-state index is -4.15. The minimum Gasteiger partial charge on any atom is -0.583 e. The van der Waals surface area contributed by atoms with Crippen molar-refractivity contribution in [2.24, 2.45) is 0 Å². The van der Waals surface area contributed by atoms with Crippen LogP contribution in [0.5, 0.6) is 0 Å². The molecule has 0 aliphatic carbocycles. The quantitative estimate of drug-likeness (QED) is 0.103. The van der Waals surface area contributed by atoms with Crippen LogP contribution in [0.25, 0.3) is 0 Å². The molecule has 4 unspecified atom stereocenters. The molecule has 0 aromatic carbocycles. The van der Waals surface area contributed by atoms with Crippen molar-refractivity contribution in [3.05, 3.63) is 0 Å². The molecule has 12 nitrogen and oxygen atoms in total. The van der Waals surface area contributed by atoms with Gasteiger partial charge in [-0.1, -0.05) is 0 Å². The van der Waals surface area contributed by atoms with E-state index in [4.69, 9.17) is 53.0 Å². The second-order valence-electron chi connectivity index (χ2n) is 8.64. The number of ether oxygens (including phenoxy) is 8. The van der Waals surface area contributed by atoms with Gasteiger partial charge in [0.15, 0.2) is 0 Å². The van der Waals surface area contributed by atoms with Gasteiger partial charge in [-0.2, -0.15) is 0 Å². The van der Waals surface area contributed by atoms with Crippen LogP contribution in [0.3, 0.4) is 0 Å². The van der Waals surface area contributed by atoms with Crippen molar-refractivity contribution in [3.63, 3.8) is 0 Å². The summed E-state index contributed by atoms with van der Waals surface area (Å²) in [6.45, 7) is 12.5. The van der Waals surface area contributed by atoms with E-state index >= 15 is 0 Å². The highest BCUT2D eigenvalue weighted by molar-refractivity contribution is 6.53. The first kappa shape index (κ1) is 37.1. The summed E-state index contributed by atoms with van der Waals surface area (Å²) in [5.74, 6) is 0. The van der Waals surface area contributed by atoms with Gasteiger partial charge in [0.2, 0.25) is 0 Å². The van der Waals surface area contributed by atoms with Crippen LogP contribution in [0, 0.1) is 0 Å². The summed E-state index contributed by atoms with van der Waals surface area (Å²) >= 11 is -4.15. The van der Waals surface area contributed by atoms with Crippen LogP contribution in [-0.4, -0.2) is 147 Å². The molecular formula is C24H52AlO12-. The Labute approximate surface area is 227 Å². The Hall–Kier alpha value is 0.0525. The van der Waals surface area contributed by atoms with Crippen molar-refractivity contribution < 1.29 is 53.0 Å². The molecule has 13 heteroatoms. The minimum absolute atomic E-state index is 0.317. The summed E-state index contributed by atoms with van der Waals surface area (Å²) in [7, 11) is 6.50. The molecule has 224 valence electrons. The molecule has 0 aliphatic rings. The summed E-state index contributed by atoms with van der Waals surface area (Å²) in [6, 6.07) is 0. The first-order valence-corrected chi connectivity index (χ1v) is 14.8. The van der Waals surface area contributed by atoms with Gasteiger partial charge < -0.3 is 53.0 Å². The summed E-state index contributed by atoms with van der Waals surface area (Å²) in [6.07, 6.45) is -1.48. The molecule has 0 aromatic rings. The Morgan fingerprint density at radius 3 is 0.784 bits per heavy atom. The van der Waals surface area contributed by atoms with E-state index in [2.05, 4.69) is 0 Å². The van der Waals surface area contributed by atoms with Crippen molar-refractivity contribution in [1.29, 1.82) is 0 Å². The molecule has 0 N–H and O–H groups in total. The average molecular weight is 560 g/mol. The lowest BCUT2D eigenvalue weighted by atomic mass is 10.4. The normalized spacial score (nSPS) is 16.9. The van der Waals surface area contributed by atoms with Gasteiger partial charge in [0, 0.05) is 52.9 Å². The summed E-state index contributed by atoms with van der Waals surface area (Å²) in [5.41, 5.74) is 0. The average Bonchev–Trinajstić information content (AvgIpc) is 2.85. The smallest absolute Gasteiger partial charge is 0.583 e. The van der Waals surface area contributed by atoms with Gasteiger partial charge in [0.1, 0.15) is 0 Å². The highest BCUT2D eigenvalue weighted by Crippen LogP contribution is 2.22. The van der Waals surface area contributed by atoms with Gasteiger partial charge >= 0.3 is 14.4 Å². The molecule has 0 radical (unpaired) electrons. The summed E-state index contributed by atoms with van der Waals surface area (Å²) < 4.78 is 68.5. The summed E-state index contributed by atoms with van der Waals surface area (Å²) in [4.78, 5) is 0. The van der Waals surface area contributed by atoms with Gasteiger partial charge in [-0.3, -0.25) is 0 Å². The molecule has 0 heterocycles. The summed E-state index contributed by atoms with van der Waals surface area (Å²) in [5, 5.41) is 0. The van der Waals surface area contributed by atoms with E-state index in [1.54, 1.807) is 28.4 Å². The molecule has 4 atom stereocenters. The van der Waals surface area contributed by atoms with Crippen molar-refractivity contribution in [2.45, 2.75) is 52.1 Å². The maximum absolute atomic E-state index is 6.41. The lowest BCUT2D eigenvalue weighted by molar-refractivity contribution is -0.130. The highest BCUT2D eigenvalue weighted by Gasteiger charge is 2.51. The van der Waals surface area contributed by atoms with E-state index in [0.29, 0.717) is 79.3 Å². The number of rotatable bonds is 28. The van der Waals surface area contributed by atoms with Crippen LogP contribution in [0.1, 0.15) is 27.7 Å². The van der Waals surface area contributed by atoms with E-state index in [0.717, 1.165) is 0 Å². The largest absolute Gasteiger partial charge is 0.876 e. The lowest BCUT2D eigenvalue weighted by Gasteiger charge is -2.44. The van der Waals surface area contributed by atoms with Crippen molar-refractivity contribution >= 4 is 14.4 Å².